The van der Waals surface area contributed by atoms with Gasteiger partial charge in [-0.2, -0.15) is 4.73 Å². The second-order valence-corrected chi connectivity index (χ2v) is 8.71. The van der Waals surface area contributed by atoms with E-state index in [0.29, 0.717) is 34.2 Å². The molecule has 0 atom stereocenters. The number of hydrogen-bond donors (Lipinski definition) is 1. The zero-order valence-electron chi connectivity index (χ0n) is 21.8. The SMILES string of the molecule is COC1=Cc2cc3ccc(cc4nc(cc5c(-c6ccccc6)c(OC)c(c(OC)c1n2)n5OC)C=C4)[nH]3.[Fe]. The van der Waals surface area contributed by atoms with Crippen LogP contribution in [-0.4, -0.2) is 48.1 Å². The molecule has 0 saturated heterocycles. The molecule has 0 fully saturated rings. The summed E-state index contributed by atoms with van der Waals surface area (Å²) < 4.78 is 19.5. The molecule has 2 aliphatic heterocycles. The standard InChI is InChI=1S/C30H26N4O4.Fe/c1-35-25-17-23-15-21-11-10-19(31-21)14-20-12-13-22(32-20)16-24-26(18-8-6-5-7-9-18)29(36-2)28(34(24)38-4)30(37-3)27(25)33-23;/h5-17,31H,1-4H3;. The van der Waals surface area contributed by atoms with E-state index in [2.05, 4.69) is 4.98 Å². The number of methoxy groups -OCH3 is 3. The number of nitrogens with one attached hydrogen (secondary N) is 1. The minimum atomic E-state index is 0. The Morgan fingerprint density at radius 1 is 0.718 bits per heavy atom. The van der Waals surface area contributed by atoms with Gasteiger partial charge in [-0.05, 0) is 48.0 Å². The minimum Gasteiger partial charge on any atom is -0.494 e. The first kappa shape index (κ1) is 26.2. The van der Waals surface area contributed by atoms with Crippen LogP contribution in [0.3, 0.4) is 0 Å². The predicted octanol–water partition coefficient (Wildman–Crippen LogP) is 5.84. The van der Waals surface area contributed by atoms with Crippen LogP contribution in [0.1, 0.15) is 22.8 Å². The van der Waals surface area contributed by atoms with Crippen molar-refractivity contribution in [1.29, 1.82) is 0 Å². The number of ether oxygens (including phenoxy) is 3. The molecule has 0 spiro atoms. The second-order valence-electron chi connectivity index (χ2n) is 8.71. The normalized spacial score (nSPS) is 11.9. The average Bonchev–Trinajstić information content (AvgIpc) is 3.72. The molecule has 0 radical (unpaired) electrons. The Hall–Kier alpha value is -4.46. The molecule has 198 valence electrons. The molecule has 8 bridgehead atoms. The first-order valence-electron chi connectivity index (χ1n) is 12.1. The zero-order valence-corrected chi connectivity index (χ0v) is 22.9. The minimum absolute atomic E-state index is 0. The van der Waals surface area contributed by atoms with E-state index in [9.17, 15) is 0 Å². The Bertz CT molecular complexity index is 1770. The molecule has 0 unspecified atom stereocenters. The summed E-state index contributed by atoms with van der Waals surface area (Å²) in [5.74, 6) is 1.59. The molecule has 8 nitrogen and oxygen atoms in total. The van der Waals surface area contributed by atoms with E-state index in [1.54, 1.807) is 33.2 Å². The number of benzene rings is 1. The van der Waals surface area contributed by atoms with Gasteiger partial charge in [0.2, 0.25) is 0 Å². The molecule has 3 aromatic heterocycles. The number of fused-ring (bicyclic) bond motifs is 8. The molecular formula is C30H26FeN4O4. The monoisotopic (exact) mass is 562 g/mol. The van der Waals surface area contributed by atoms with Crippen molar-refractivity contribution in [3.63, 3.8) is 0 Å². The van der Waals surface area contributed by atoms with Crippen LogP contribution in [0.4, 0.5) is 0 Å². The van der Waals surface area contributed by atoms with Gasteiger partial charge in [-0.3, -0.25) is 0 Å². The largest absolute Gasteiger partial charge is 0.494 e. The quantitative estimate of drug-likeness (QED) is 0.271. The molecule has 9 heteroatoms. The molecular weight excluding hydrogens is 536 g/mol. The Balaban J connectivity index is 0.00000308. The van der Waals surface area contributed by atoms with E-state index in [4.69, 9.17) is 29.0 Å². The molecule has 0 aliphatic carbocycles. The number of hydrogen-bond acceptors (Lipinski definition) is 6. The molecule has 0 amide bonds. The van der Waals surface area contributed by atoms with Gasteiger partial charge < -0.3 is 24.0 Å². The van der Waals surface area contributed by atoms with E-state index in [0.717, 1.165) is 39.1 Å². The maximum absolute atomic E-state index is 6.05. The van der Waals surface area contributed by atoms with Crippen LogP contribution < -0.4 is 14.3 Å². The Kier molecular flexibility index (Phi) is 7.19. The van der Waals surface area contributed by atoms with Gasteiger partial charge in [0.15, 0.2) is 28.5 Å². The molecule has 2 aliphatic rings. The van der Waals surface area contributed by atoms with Gasteiger partial charge in [-0.1, -0.05) is 30.3 Å². The number of aromatic nitrogens is 4. The predicted molar refractivity (Wildman–Crippen MR) is 149 cm³/mol. The topological polar surface area (TPSA) is 83.4 Å². The van der Waals surface area contributed by atoms with Gasteiger partial charge in [0.05, 0.1) is 49.5 Å². The van der Waals surface area contributed by atoms with Gasteiger partial charge in [0, 0.05) is 34.2 Å². The first-order chi connectivity index (χ1) is 18.6. The molecule has 6 rings (SSSR count). The summed E-state index contributed by atoms with van der Waals surface area (Å²) >= 11 is 0. The third kappa shape index (κ3) is 4.56. The van der Waals surface area contributed by atoms with Gasteiger partial charge in [-0.15, -0.1) is 0 Å². The van der Waals surface area contributed by atoms with E-state index >= 15 is 0 Å². The summed E-state index contributed by atoms with van der Waals surface area (Å²) in [6, 6.07) is 19.9. The summed E-state index contributed by atoms with van der Waals surface area (Å²) in [7, 11) is 6.45. The van der Waals surface area contributed by atoms with E-state index < -0.39 is 0 Å². The van der Waals surface area contributed by atoms with Crippen molar-refractivity contribution in [2.45, 2.75) is 0 Å². The van der Waals surface area contributed by atoms with Crippen LogP contribution in [0.2, 0.25) is 0 Å². The van der Waals surface area contributed by atoms with Crippen LogP contribution in [0, 0.1) is 0 Å². The summed E-state index contributed by atoms with van der Waals surface area (Å²) in [6.45, 7) is 0. The van der Waals surface area contributed by atoms with Crippen molar-refractivity contribution in [3.05, 3.63) is 83.4 Å². The van der Waals surface area contributed by atoms with Crippen molar-refractivity contribution >= 4 is 46.1 Å². The van der Waals surface area contributed by atoms with Crippen molar-refractivity contribution in [2.75, 3.05) is 28.4 Å². The third-order valence-corrected chi connectivity index (χ3v) is 6.48. The summed E-state index contributed by atoms with van der Waals surface area (Å²) in [5.41, 5.74) is 7.79. The fraction of sp³-hybridized carbons (Fsp3) is 0.133. The third-order valence-electron chi connectivity index (χ3n) is 6.48. The number of aromatic amines is 1. The Morgan fingerprint density at radius 2 is 1.38 bits per heavy atom. The average molecular weight is 562 g/mol. The second kappa shape index (κ2) is 10.7. The van der Waals surface area contributed by atoms with Crippen molar-refractivity contribution in [2.24, 2.45) is 0 Å². The van der Waals surface area contributed by atoms with Crippen LogP contribution >= 0.6 is 0 Å². The molecule has 4 aromatic rings. The van der Waals surface area contributed by atoms with Gasteiger partial charge in [0.25, 0.3) is 0 Å². The van der Waals surface area contributed by atoms with Gasteiger partial charge in [-0.25, -0.2) is 9.97 Å². The first-order valence-corrected chi connectivity index (χ1v) is 12.1. The fourth-order valence-corrected chi connectivity index (χ4v) is 4.88. The summed E-state index contributed by atoms with van der Waals surface area (Å²) in [4.78, 5) is 19.1. The molecule has 1 aromatic carbocycles. The Labute approximate surface area is 236 Å². The van der Waals surface area contributed by atoms with Crippen molar-refractivity contribution < 1.29 is 36.1 Å². The number of nitrogens with zero attached hydrogens (tertiary/aromatic N) is 3. The zero-order chi connectivity index (χ0) is 26.2. The smallest absolute Gasteiger partial charge is 0.179 e. The maximum atomic E-state index is 6.05. The van der Waals surface area contributed by atoms with Crippen molar-refractivity contribution in [1.82, 2.24) is 19.7 Å². The maximum Gasteiger partial charge on any atom is 0.179 e. The van der Waals surface area contributed by atoms with E-state index in [-0.39, 0.29) is 17.1 Å². The molecule has 5 heterocycles. The Morgan fingerprint density at radius 3 is 2.03 bits per heavy atom. The number of rotatable bonds is 5. The van der Waals surface area contributed by atoms with Gasteiger partial charge >= 0.3 is 0 Å². The fourth-order valence-electron chi connectivity index (χ4n) is 4.88. The van der Waals surface area contributed by atoms with E-state index in [1.807, 2.05) is 78.9 Å². The number of H-pyrrole nitrogens is 1. The van der Waals surface area contributed by atoms with Crippen LogP contribution in [0.15, 0.2) is 60.7 Å². The van der Waals surface area contributed by atoms with Crippen molar-refractivity contribution in [3.8, 4) is 22.6 Å². The summed E-state index contributed by atoms with van der Waals surface area (Å²) in [6.07, 6.45) is 5.83. The van der Waals surface area contributed by atoms with Gasteiger partial charge in [0.1, 0.15) is 7.11 Å². The molecule has 39 heavy (non-hydrogen) atoms. The summed E-state index contributed by atoms with van der Waals surface area (Å²) in [5, 5.41) is 0. The van der Waals surface area contributed by atoms with Crippen LogP contribution in [0.5, 0.6) is 11.5 Å². The molecule has 1 N–H and O–H groups in total. The molecule has 0 saturated carbocycles. The van der Waals surface area contributed by atoms with Crippen LogP contribution in [0.25, 0.3) is 57.2 Å². The van der Waals surface area contributed by atoms with E-state index in [1.165, 1.54) is 0 Å². The van der Waals surface area contributed by atoms with Crippen LogP contribution in [-0.2, 0) is 21.8 Å².